The van der Waals surface area contributed by atoms with E-state index in [9.17, 15) is 10.1 Å². The number of rotatable bonds is 6. The van der Waals surface area contributed by atoms with Crippen LogP contribution in [0, 0.1) is 33.3 Å². The molecule has 0 amide bonds. The molecular formula is C22H32N4O2. The molecule has 28 heavy (non-hydrogen) atoms. The molecule has 4 bridgehead atoms. The van der Waals surface area contributed by atoms with Crippen LogP contribution in [0.3, 0.4) is 0 Å². The van der Waals surface area contributed by atoms with E-state index in [1.807, 2.05) is 12.1 Å². The van der Waals surface area contributed by atoms with Crippen molar-refractivity contribution in [2.45, 2.75) is 44.9 Å². The van der Waals surface area contributed by atoms with Crippen molar-refractivity contribution in [3.8, 4) is 0 Å². The summed E-state index contributed by atoms with van der Waals surface area (Å²) in [6.45, 7) is 4.67. The van der Waals surface area contributed by atoms with Gasteiger partial charge < -0.3 is 15.5 Å². The number of nitro benzene ring substituents is 1. The molecule has 1 aromatic rings. The van der Waals surface area contributed by atoms with Crippen molar-refractivity contribution in [3.63, 3.8) is 0 Å². The molecule has 0 unspecified atom stereocenters. The monoisotopic (exact) mass is 384 g/mol. The highest BCUT2D eigenvalue weighted by Gasteiger charge is 2.50. The molecule has 152 valence electrons. The van der Waals surface area contributed by atoms with Gasteiger partial charge in [0.1, 0.15) is 5.69 Å². The average Bonchev–Trinajstić information content (AvgIpc) is 2.67. The zero-order chi connectivity index (χ0) is 19.1. The second kappa shape index (κ2) is 7.21. The van der Waals surface area contributed by atoms with Crippen molar-refractivity contribution in [1.82, 2.24) is 5.32 Å². The molecule has 5 fully saturated rings. The second-order valence-corrected chi connectivity index (χ2v) is 9.79. The average molecular weight is 385 g/mol. The summed E-state index contributed by atoms with van der Waals surface area (Å²) in [5.41, 5.74) is 2.48. The van der Waals surface area contributed by atoms with E-state index >= 15 is 0 Å². The molecule has 0 atom stereocenters. The minimum Gasteiger partial charge on any atom is -0.379 e. The SMILES string of the molecule is O=[N+]([O-])c1ccc(N2CCNCC2)cc1NCCC12CC3CC(CC(C3)C1)C2. The van der Waals surface area contributed by atoms with Crippen LogP contribution in [0.1, 0.15) is 44.9 Å². The minimum absolute atomic E-state index is 0.199. The summed E-state index contributed by atoms with van der Waals surface area (Å²) in [7, 11) is 0. The first-order valence-corrected chi connectivity index (χ1v) is 11.1. The highest BCUT2D eigenvalue weighted by Crippen LogP contribution is 2.61. The van der Waals surface area contributed by atoms with Gasteiger partial charge in [0, 0.05) is 44.5 Å². The van der Waals surface area contributed by atoms with E-state index in [1.54, 1.807) is 6.07 Å². The lowest BCUT2D eigenvalue weighted by molar-refractivity contribution is -0.383. The molecule has 1 aromatic carbocycles. The summed E-state index contributed by atoms with van der Waals surface area (Å²) in [6.07, 6.45) is 9.73. The van der Waals surface area contributed by atoms with Crippen molar-refractivity contribution >= 4 is 17.1 Å². The first kappa shape index (κ1) is 18.2. The van der Waals surface area contributed by atoms with Crippen molar-refractivity contribution in [2.24, 2.45) is 23.2 Å². The summed E-state index contributed by atoms with van der Waals surface area (Å²) in [4.78, 5) is 13.6. The van der Waals surface area contributed by atoms with E-state index in [2.05, 4.69) is 15.5 Å². The Bertz CT molecular complexity index is 709. The summed E-state index contributed by atoms with van der Waals surface area (Å²) < 4.78 is 0. The van der Waals surface area contributed by atoms with Crippen LogP contribution in [-0.2, 0) is 0 Å². The summed E-state index contributed by atoms with van der Waals surface area (Å²) in [6, 6.07) is 5.56. The molecule has 6 rings (SSSR count). The fourth-order valence-electron chi connectivity index (χ4n) is 7.00. The van der Waals surface area contributed by atoms with Crippen LogP contribution in [0.25, 0.3) is 0 Å². The van der Waals surface area contributed by atoms with Gasteiger partial charge in [-0.3, -0.25) is 10.1 Å². The highest BCUT2D eigenvalue weighted by molar-refractivity contribution is 5.69. The van der Waals surface area contributed by atoms with Crippen LogP contribution in [0.4, 0.5) is 17.1 Å². The Kier molecular flexibility index (Phi) is 4.69. The number of piperazine rings is 1. The van der Waals surface area contributed by atoms with Gasteiger partial charge in [-0.2, -0.15) is 0 Å². The van der Waals surface area contributed by atoms with Gasteiger partial charge in [-0.1, -0.05) is 0 Å². The number of nitrogens with one attached hydrogen (secondary N) is 2. The van der Waals surface area contributed by atoms with Gasteiger partial charge in [0.25, 0.3) is 5.69 Å². The first-order valence-electron chi connectivity index (χ1n) is 11.1. The summed E-state index contributed by atoms with van der Waals surface area (Å²) >= 11 is 0. The van der Waals surface area contributed by atoms with Crippen molar-refractivity contribution in [3.05, 3.63) is 28.3 Å². The van der Waals surface area contributed by atoms with Crippen molar-refractivity contribution in [1.29, 1.82) is 0 Å². The second-order valence-electron chi connectivity index (χ2n) is 9.79. The predicted octanol–water partition coefficient (Wildman–Crippen LogP) is 4.02. The van der Waals surface area contributed by atoms with Gasteiger partial charge in [0.15, 0.2) is 0 Å². The van der Waals surface area contributed by atoms with Crippen molar-refractivity contribution in [2.75, 3.05) is 42.9 Å². The molecule has 5 aliphatic rings. The first-order chi connectivity index (χ1) is 13.6. The Morgan fingerprint density at radius 1 is 1.11 bits per heavy atom. The lowest BCUT2D eigenvalue weighted by Crippen LogP contribution is -2.46. The Labute approximate surface area is 167 Å². The predicted molar refractivity (Wildman–Crippen MR) is 112 cm³/mol. The molecule has 0 radical (unpaired) electrons. The van der Waals surface area contributed by atoms with Gasteiger partial charge in [-0.15, -0.1) is 0 Å². The zero-order valence-corrected chi connectivity index (χ0v) is 16.7. The van der Waals surface area contributed by atoms with E-state index < -0.39 is 0 Å². The molecule has 0 aromatic heterocycles. The topological polar surface area (TPSA) is 70.4 Å². The quantitative estimate of drug-likeness (QED) is 0.572. The highest BCUT2D eigenvalue weighted by atomic mass is 16.6. The van der Waals surface area contributed by atoms with E-state index in [-0.39, 0.29) is 10.6 Å². The van der Waals surface area contributed by atoms with Gasteiger partial charge in [-0.25, -0.2) is 0 Å². The van der Waals surface area contributed by atoms with Crippen LogP contribution >= 0.6 is 0 Å². The third kappa shape index (κ3) is 3.47. The number of anilines is 2. The molecule has 6 heteroatoms. The van der Waals surface area contributed by atoms with Gasteiger partial charge in [0.2, 0.25) is 0 Å². The molecular weight excluding hydrogens is 352 g/mol. The number of nitrogens with zero attached hydrogens (tertiary/aromatic N) is 2. The molecule has 4 saturated carbocycles. The number of hydrogen-bond acceptors (Lipinski definition) is 5. The van der Waals surface area contributed by atoms with Crippen LogP contribution in [0.15, 0.2) is 18.2 Å². The Morgan fingerprint density at radius 2 is 1.75 bits per heavy atom. The van der Waals surface area contributed by atoms with Crippen LogP contribution in [0.5, 0.6) is 0 Å². The third-order valence-corrected chi connectivity index (χ3v) is 7.79. The molecule has 1 aliphatic heterocycles. The van der Waals surface area contributed by atoms with Crippen LogP contribution in [-0.4, -0.2) is 37.6 Å². The lowest BCUT2D eigenvalue weighted by atomic mass is 9.49. The van der Waals surface area contributed by atoms with Gasteiger partial charge >= 0.3 is 0 Å². The van der Waals surface area contributed by atoms with E-state index in [1.165, 1.54) is 38.5 Å². The Hall–Kier alpha value is -1.82. The van der Waals surface area contributed by atoms with Gasteiger partial charge in [0.05, 0.1) is 4.92 Å². The number of nitro groups is 1. The van der Waals surface area contributed by atoms with E-state index in [4.69, 9.17) is 0 Å². The molecule has 1 heterocycles. The van der Waals surface area contributed by atoms with Gasteiger partial charge in [-0.05, 0) is 80.2 Å². The normalized spacial score (nSPS) is 33.9. The summed E-state index contributed by atoms with van der Waals surface area (Å²) in [5.74, 6) is 2.87. The maximum Gasteiger partial charge on any atom is 0.292 e. The fourth-order valence-corrected chi connectivity index (χ4v) is 7.00. The standard InChI is InChI=1S/C22H32N4O2/c27-26(28)21-2-1-19(25-7-5-23-6-8-25)12-20(21)24-4-3-22-13-16-9-17(14-22)11-18(10-16)15-22/h1-2,12,16-18,23-24H,3-11,13-15H2. The Balaban J connectivity index is 1.28. The number of benzene rings is 1. The molecule has 6 nitrogen and oxygen atoms in total. The maximum absolute atomic E-state index is 11.5. The van der Waals surface area contributed by atoms with Crippen LogP contribution < -0.4 is 15.5 Å². The minimum atomic E-state index is -0.255. The lowest BCUT2D eigenvalue weighted by Gasteiger charge is -2.57. The Morgan fingerprint density at radius 3 is 2.36 bits per heavy atom. The molecule has 4 aliphatic carbocycles. The van der Waals surface area contributed by atoms with Crippen LogP contribution in [0.2, 0.25) is 0 Å². The smallest absolute Gasteiger partial charge is 0.292 e. The van der Waals surface area contributed by atoms with E-state index in [0.717, 1.165) is 62.6 Å². The zero-order valence-electron chi connectivity index (χ0n) is 16.7. The van der Waals surface area contributed by atoms with Crippen molar-refractivity contribution < 1.29 is 4.92 Å². The number of hydrogen-bond donors (Lipinski definition) is 2. The molecule has 2 N–H and O–H groups in total. The molecule has 0 spiro atoms. The fraction of sp³-hybridized carbons (Fsp3) is 0.727. The maximum atomic E-state index is 11.5. The summed E-state index contributed by atoms with van der Waals surface area (Å²) in [5, 5.41) is 18.4. The third-order valence-electron chi connectivity index (χ3n) is 7.79. The van der Waals surface area contributed by atoms with E-state index in [0.29, 0.717) is 11.1 Å². The largest absolute Gasteiger partial charge is 0.379 e. The molecule has 1 saturated heterocycles.